The number of carbonyl (C=O) groups is 5. The number of imide groups is 1. The number of carboxylic acids is 2. The van der Waals surface area contributed by atoms with Crippen molar-refractivity contribution in [2.45, 2.75) is 0 Å². The Labute approximate surface area is 332 Å². The molecule has 2 aromatic heterocycles. The van der Waals surface area contributed by atoms with Crippen molar-refractivity contribution in [2.75, 3.05) is 9.80 Å². The molecule has 4 heterocycles. The summed E-state index contributed by atoms with van der Waals surface area (Å²) < 4.78 is 12.0. The van der Waals surface area contributed by atoms with Gasteiger partial charge in [0.25, 0.3) is 17.1 Å². The molecule has 8 rings (SSSR count). The topological polar surface area (TPSA) is 159 Å². The van der Waals surface area contributed by atoms with Gasteiger partial charge in [-0.15, -0.1) is 0 Å². The van der Waals surface area contributed by atoms with E-state index in [1.807, 2.05) is 36.4 Å². The molecule has 2 N–H and O–H groups in total. The van der Waals surface area contributed by atoms with Crippen LogP contribution in [0.3, 0.4) is 0 Å². The Morgan fingerprint density at radius 1 is 0.536 bits per heavy atom. The first-order chi connectivity index (χ1) is 27.0. The number of para-hydroxylation sites is 2. The number of carboxylic acid groups (broad SMARTS) is 2. The number of thiocarbonyl (C=S) groups is 1. The van der Waals surface area contributed by atoms with E-state index in [9.17, 15) is 24.0 Å². The lowest BCUT2D eigenvalue weighted by Gasteiger charge is -2.13. The first-order valence-corrected chi connectivity index (χ1v) is 18.6. The van der Waals surface area contributed by atoms with Gasteiger partial charge in [-0.3, -0.25) is 19.3 Å². The standard InChI is InChI=1S/C21H13NO5S.C21H13NO4S2/c23-19-18(28-21(26)22(19)15-4-2-1-3-5-15)12-16-10-11-17(27-16)13-6-8-14(9-7-13)20(24)25;23-19-18(28-21(27)22(19)15-4-2-1-3-5-15)12-16-10-11-17(26-16)13-6-8-14(9-7-13)20(24)25/h2*1-12H,(H,24,25)/b2*18-12-. The van der Waals surface area contributed by atoms with E-state index in [1.165, 1.54) is 47.0 Å². The summed E-state index contributed by atoms with van der Waals surface area (Å²) in [5.74, 6) is -0.503. The molecule has 0 bridgehead atoms. The molecule has 0 aliphatic carbocycles. The molecule has 0 spiro atoms. The van der Waals surface area contributed by atoms with Gasteiger partial charge in [0.2, 0.25) is 0 Å². The highest BCUT2D eigenvalue weighted by Gasteiger charge is 2.36. The van der Waals surface area contributed by atoms with Crippen molar-refractivity contribution in [2.24, 2.45) is 0 Å². The van der Waals surface area contributed by atoms with Crippen LogP contribution in [0.2, 0.25) is 0 Å². The highest BCUT2D eigenvalue weighted by atomic mass is 32.2. The summed E-state index contributed by atoms with van der Waals surface area (Å²) in [6, 6.07) is 37.6. The van der Waals surface area contributed by atoms with Crippen LogP contribution in [0.15, 0.2) is 152 Å². The fraction of sp³-hybridized carbons (Fsp3) is 0. The molecule has 4 aromatic carbocycles. The molecular formula is C42H26N2O9S3. The minimum absolute atomic E-state index is 0.185. The van der Waals surface area contributed by atoms with E-state index in [0.29, 0.717) is 43.5 Å². The number of hydrogen-bond acceptors (Lipinski definition) is 10. The number of furan rings is 2. The van der Waals surface area contributed by atoms with E-state index in [4.69, 9.17) is 31.3 Å². The highest BCUT2D eigenvalue weighted by molar-refractivity contribution is 8.27. The highest BCUT2D eigenvalue weighted by Crippen LogP contribution is 2.38. The second kappa shape index (κ2) is 16.3. The van der Waals surface area contributed by atoms with Gasteiger partial charge in [0, 0.05) is 23.3 Å². The lowest BCUT2D eigenvalue weighted by Crippen LogP contribution is -2.27. The molecule has 2 aliphatic heterocycles. The maximum Gasteiger partial charge on any atom is 0.335 e. The van der Waals surface area contributed by atoms with Crippen LogP contribution >= 0.6 is 35.7 Å². The van der Waals surface area contributed by atoms with Crippen molar-refractivity contribution >= 4 is 92.6 Å². The predicted octanol–water partition coefficient (Wildman–Crippen LogP) is 9.94. The summed E-state index contributed by atoms with van der Waals surface area (Å²) in [4.78, 5) is 62.9. The third kappa shape index (κ3) is 8.17. The fourth-order valence-corrected chi connectivity index (χ4v) is 7.62. The van der Waals surface area contributed by atoms with E-state index in [1.54, 1.807) is 78.9 Å². The van der Waals surface area contributed by atoms with E-state index in [-0.39, 0.29) is 27.2 Å². The number of rotatable bonds is 8. The van der Waals surface area contributed by atoms with Crippen LogP contribution in [-0.4, -0.2) is 43.5 Å². The lowest BCUT2D eigenvalue weighted by atomic mass is 10.1. The molecular weight excluding hydrogens is 773 g/mol. The summed E-state index contributed by atoms with van der Waals surface area (Å²) in [6.07, 6.45) is 3.19. The Kier molecular flexibility index (Phi) is 11.0. The van der Waals surface area contributed by atoms with Crippen molar-refractivity contribution in [1.82, 2.24) is 0 Å². The Bertz CT molecular complexity index is 2380. The molecule has 0 radical (unpaired) electrons. The number of benzene rings is 4. The Balaban J connectivity index is 0.000000172. The summed E-state index contributed by atoms with van der Waals surface area (Å²) in [7, 11) is 0. The minimum atomic E-state index is -0.999. The van der Waals surface area contributed by atoms with Gasteiger partial charge in [-0.2, -0.15) is 0 Å². The van der Waals surface area contributed by atoms with Gasteiger partial charge < -0.3 is 19.0 Å². The number of anilines is 2. The molecule has 3 amide bonds. The zero-order valence-corrected chi connectivity index (χ0v) is 31.2. The van der Waals surface area contributed by atoms with Crippen molar-refractivity contribution in [3.05, 3.63) is 166 Å². The second-order valence-corrected chi connectivity index (χ2v) is 14.5. The number of hydrogen-bond donors (Lipinski definition) is 2. The quantitative estimate of drug-likeness (QED) is 0.111. The monoisotopic (exact) mass is 798 g/mol. The number of nitrogens with zero attached hydrogens (tertiary/aromatic N) is 2. The molecule has 0 saturated carbocycles. The van der Waals surface area contributed by atoms with E-state index < -0.39 is 17.8 Å². The van der Waals surface area contributed by atoms with E-state index >= 15 is 0 Å². The molecule has 2 saturated heterocycles. The van der Waals surface area contributed by atoms with Crippen LogP contribution < -0.4 is 9.80 Å². The third-order valence-electron chi connectivity index (χ3n) is 8.25. The maximum absolute atomic E-state index is 12.8. The molecule has 0 atom stereocenters. The van der Waals surface area contributed by atoms with Crippen LogP contribution in [0.4, 0.5) is 16.2 Å². The Morgan fingerprint density at radius 2 is 0.946 bits per heavy atom. The number of thioether (sulfide) groups is 2. The molecule has 2 aliphatic rings. The van der Waals surface area contributed by atoms with E-state index in [2.05, 4.69) is 0 Å². The second-order valence-electron chi connectivity index (χ2n) is 11.9. The first kappa shape index (κ1) is 37.6. The first-order valence-electron chi connectivity index (χ1n) is 16.6. The SMILES string of the molecule is O=C(O)c1ccc(-c2ccc(/C=C3\SC(=O)N(c4ccccc4)C3=O)o2)cc1.O=C(O)c1ccc(-c2ccc(/C=C3\SC(=S)N(c4ccccc4)C3=O)o2)cc1. The van der Waals surface area contributed by atoms with Crippen molar-refractivity contribution in [3.63, 3.8) is 0 Å². The van der Waals surface area contributed by atoms with Crippen molar-refractivity contribution in [1.29, 1.82) is 0 Å². The zero-order chi connectivity index (χ0) is 39.3. The largest absolute Gasteiger partial charge is 0.478 e. The number of amides is 3. The van der Waals surface area contributed by atoms with Crippen LogP contribution in [-0.2, 0) is 9.59 Å². The Hall–Kier alpha value is -6.74. The zero-order valence-electron chi connectivity index (χ0n) is 28.7. The smallest absolute Gasteiger partial charge is 0.335 e. The molecule has 0 unspecified atom stereocenters. The molecule has 14 heteroatoms. The summed E-state index contributed by atoms with van der Waals surface area (Å²) in [5.41, 5.74) is 3.10. The molecule has 2 fully saturated rings. The normalized spacial score (nSPS) is 15.4. The molecule has 56 heavy (non-hydrogen) atoms. The van der Waals surface area contributed by atoms with Crippen LogP contribution in [0, 0.1) is 0 Å². The summed E-state index contributed by atoms with van der Waals surface area (Å²) >= 11 is 7.44. The third-order valence-corrected chi connectivity index (χ3v) is 10.4. The molecule has 276 valence electrons. The molecule has 11 nitrogen and oxygen atoms in total. The van der Waals surface area contributed by atoms with Gasteiger partial charge in [0.05, 0.1) is 32.3 Å². The van der Waals surface area contributed by atoms with Gasteiger partial charge in [0.15, 0.2) is 4.32 Å². The van der Waals surface area contributed by atoms with Crippen molar-refractivity contribution in [3.8, 4) is 22.6 Å². The average Bonchev–Trinajstić information content (AvgIpc) is 3.99. The maximum atomic E-state index is 12.8. The summed E-state index contributed by atoms with van der Waals surface area (Å²) in [6.45, 7) is 0. The lowest BCUT2D eigenvalue weighted by molar-refractivity contribution is -0.114. The van der Waals surface area contributed by atoms with Crippen LogP contribution in [0.25, 0.3) is 34.8 Å². The number of aromatic carboxylic acids is 2. The van der Waals surface area contributed by atoms with Gasteiger partial charge in [-0.05, 0) is 84.6 Å². The number of carbonyl (C=O) groups excluding carboxylic acids is 3. The van der Waals surface area contributed by atoms with Gasteiger partial charge in [-0.1, -0.05) is 84.6 Å². The van der Waals surface area contributed by atoms with Gasteiger partial charge in [-0.25, -0.2) is 14.5 Å². The van der Waals surface area contributed by atoms with Crippen LogP contribution in [0.1, 0.15) is 32.2 Å². The van der Waals surface area contributed by atoms with Crippen molar-refractivity contribution < 1.29 is 43.0 Å². The predicted molar refractivity (Wildman–Crippen MR) is 219 cm³/mol. The fourth-order valence-electron chi connectivity index (χ4n) is 5.52. The summed E-state index contributed by atoms with van der Waals surface area (Å²) in [5, 5.41) is 17.6. The Morgan fingerprint density at radius 3 is 1.39 bits per heavy atom. The van der Waals surface area contributed by atoms with Gasteiger partial charge >= 0.3 is 11.9 Å². The minimum Gasteiger partial charge on any atom is -0.478 e. The van der Waals surface area contributed by atoms with Gasteiger partial charge in [0.1, 0.15) is 23.0 Å². The van der Waals surface area contributed by atoms with E-state index in [0.717, 1.165) is 27.9 Å². The average molecular weight is 799 g/mol. The van der Waals surface area contributed by atoms with Crippen LogP contribution in [0.5, 0.6) is 0 Å². The molecule has 6 aromatic rings.